The molecule has 2 heterocycles. The number of carbonyl (C=O) groups is 1. The monoisotopic (exact) mass is 515 g/mol. The van der Waals surface area contributed by atoms with Gasteiger partial charge in [0.25, 0.3) is 0 Å². The van der Waals surface area contributed by atoms with Gasteiger partial charge in [0.1, 0.15) is 5.75 Å². The smallest absolute Gasteiger partial charge is 0.195 e. The molecule has 0 saturated carbocycles. The lowest BCUT2D eigenvalue weighted by Gasteiger charge is -2.22. The fraction of sp³-hybridized carbons (Fsp3) is 0.323. The summed E-state index contributed by atoms with van der Waals surface area (Å²) in [4.78, 5) is 18.4. The van der Waals surface area contributed by atoms with Crippen LogP contribution in [-0.4, -0.2) is 60.0 Å². The molecule has 1 aromatic heterocycles. The van der Waals surface area contributed by atoms with Crippen molar-refractivity contribution in [1.29, 1.82) is 0 Å². The maximum atomic E-state index is 13.3. The number of nitrogens with zero attached hydrogens (tertiary/aromatic N) is 3. The van der Waals surface area contributed by atoms with Crippen LogP contribution in [0.25, 0.3) is 10.9 Å². The summed E-state index contributed by atoms with van der Waals surface area (Å²) in [5.74, 6) is 0.846. The number of halogens is 1. The van der Waals surface area contributed by atoms with Gasteiger partial charge in [-0.05, 0) is 50.2 Å². The first-order valence-electron chi connectivity index (χ1n) is 13.1. The number of methoxy groups -OCH3 is 1. The first-order valence-corrected chi connectivity index (χ1v) is 13.5. The second-order valence-electron chi connectivity index (χ2n) is 9.70. The van der Waals surface area contributed by atoms with E-state index in [1.165, 1.54) is 5.56 Å². The first kappa shape index (κ1) is 25.5. The number of ether oxygens (including phenoxy) is 1. The zero-order valence-electron chi connectivity index (χ0n) is 21.4. The Balaban J connectivity index is 1.25. The molecule has 0 amide bonds. The van der Waals surface area contributed by atoms with Gasteiger partial charge in [-0.1, -0.05) is 72.3 Å². The van der Waals surface area contributed by atoms with E-state index in [1.54, 1.807) is 7.11 Å². The lowest BCUT2D eigenvalue weighted by Crippen LogP contribution is -2.31. The van der Waals surface area contributed by atoms with Gasteiger partial charge < -0.3 is 14.2 Å². The normalized spacial score (nSPS) is 15.1. The van der Waals surface area contributed by atoms with Crippen LogP contribution in [-0.2, 0) is 13.1 Å². The molecular weight excluding hydrogens is 482 g/mol. The minimum Gasteiger partial charge on any atom is -0.495 e. The van der Waals surface area contributed by atoms with Gasteiger partial charge in [-0.2, -0.15) is 0 Å². The van der Waals surface area contributed by atoms with E-state index in [2.05, 4.69) is 26.5 Å². The molecule has 0 bridgehead atoms. The maximum Gasteiger partial charge on any atom is 0.195 e. The number of fused-ring (bicyclic) bond motifs is 1. The van der Waals surface area contributed by atoms with Crippen LogP contribution >= 0.6 is 11.6 Å². The van der Waals surface area contributed by atoms with Crippen LogP contribution in [0.2, 0.25) is 5.02 Å². The van der Waals surface area contributed by atoms with Gasteiger partial charge in [0.05, 0.1) is 12.6 Å². The predicted molar refractivity (Wildman–Crippen MR) is 151 cm³/mol. The van der Waals surface area contributed by atoms with Crippen molar-refractivity contribution < 1.29 is 9.53 Å². The van der Waals surface area contributed by atoms with E-state index in [9.17, 15) is 4.79 Å². The molecule has 192 valence electrons. The van der Waals surface area contributed by atoms with Gasteiger partial charge in [0, 0.05) is 53.9 Å². The average molecular weight is 516 g/mol. The molecule has 1 fully saturated rings. The molecule has 0 radical (unpaired) electrons. The van der Waals surface area contributed by atoms with Crippen LogP contribution in [0, 0.1) is 0 Å². The highest BCUT2D eigenvalue weighted by Gasteiger charge is 2.20. The van der Waals surface area contributed by atoms with Crippen LogP contribution in [0.4, 0.5) is 0 Å². The standard InChI is InChI=1S/C31H34ClN3O2/c1-37-29-15-7-13-26-27(31(36)24-10-3-2-4-11-24)23-35(30(26)29)19-9-17-33-16-8-18-34(21-20-33)22-25-12-5-6-14-28(25)32/h2-7,10-15,23H,8-9,16-22H2,1H3. The molecule has 1 saturated heterocycles. The molecule has 0 aliphatic carbocycles. The van der Waals surface area contributed by atoms with Crippen molar-refractivity contribution in [2.75, 3.05) is 39.8 Å². The Hall–Kier alpha value is -3.12. The molecule has 5 nitrogen and oxygen atoms in total. The summed E-state index contributed by atoms with van der Waals surface area (Å²) in [5.41, 5.74) is 3.62. The Labute approximate surface area is 224 Å². The topological polar surface area (TPSA) is 37.7 Å². The summed E-state index contributed by atoms with van der Waals surface area (Å²) in [6.07, 6.45) is 4.17. The minimum atomic E-state index is 0.0451. The molecule has 1 aliphatic heterocycles. The third-order valence-corrected chi connectivity index (χ3v) is 7.64. The van der Waals surface area contributed by atoms with E-state index < -0.39 is 0 Å². The second-order valence-corrected chi connectivity index (χ2v) is 10.1. The molecule has 5 rings (SSSR count). The molecule has 6 heteroatoms. The summed E-state index contributed by atoms with van der Waals surface area (Å²) >= 11 is 6.39. The summed E-state index contributed by atoms with van der Waals surface area (Å²) < 4.78 is 7.89. The number of aryl methyl sites for hydroxylation is 1. The average Bonchev–Trinajstić information content (AvgIpc) is 3.16. The van der Waals surface area contributed by atoms with Crippen molar-refractivity contribution in [1.82, 2.24) is 14.4 Å². The summed E-state index contributed by atoms with van der Waals surface area (Å²) in [6, 6.07) is 23.6. The Morgan fingerprint density at radius 2 is 1.62 bits per heavy atom. The summed E-state index contributed by atoms with van der Waals surface area (Å²) in [6.45, 7) is 7.05. The zero-order chi connectivity index (χ0) is 25.6. The van der Waals surface area contributed by atoms with Gasteiger partial charge >= 0.3 is 0 Å². The van der Waals surface area contributed by atoms with Crippen LogP contribution < -0.4 is 4.74 Å². The van der Waals surface area contributed by atoms with E-state index in [-0.39, 0.29) is 5.78 Å². The molecule has 0 atom stereocenters. The highest BCUT2D eigenvalue weighted by molar-refractivity contribution is 6.31. The molecule has 0 unspecified atom stereocenters. The first-order chi connectivity index (χ1) is 18.1. The van der Waals surface area contributed by atoms with Gasteiger partial charge in [-0.15, -0.1) is 0 Å². The Kier molecular flexibility index (Phi) is 8.24. The van der Waals surface area contributed by atoms with E-state index in [1.807, 2.05) is 66.9 Å². The predicted octanol–water partition coefficient (Wildman–Crippen LogP) is 6.13. The number of benzene rings is 3. The van der Waals surface area contributed by atoms with E-state index in [4.69, 9.17) is 16.3 Å². The van der Waals surface area contributed by atoms with Crippen molar-refractivity contribution in [3.8, 4) is 5.75 Å². The van der Waals surface area contributed by atoms with Crippen molar-refractivity contribution in [3.63, 3.8) is 0 Å². The van der Waals surface area contributed by atoms with Crippen LogP contribution in [0.3, 0.4) is 0 Å². The largest absolute Gasteiger partial charge is 0.495 e. The lowest BCUT2D eigenvalue weighted by atomic mass is 10.0. The van der Waals surface area contributed by atoms with Crippen molar-refractivity contribution in [2.45, 2.75) is 25.9 Å². The molecule has 3 aromatic carbocycles. The van der Waals surface area contributed by atoms with Gasteiger partial charge in [0.15, 0.2) is 5.78 Å². The Bertz CT molecular complexity index is 1350. The van der Waals surface area contributed by atoms with Gasteiger partial charge in [0.2, 0.25) is 0 Å². The molecule has 0 spiro atoms. The number of ketones is 1. The number of hydrogen-bond acceptors (Lipinski definition) is 4. The van der Waals surface area contributed by atoms with Gasteiger partial charge in [-0.3, -0.25) is 9.69 Å². The Morgan fingerprint density at radius 3 is 2.43 bits per heavy atom. The van der Waals surface area contributed by atoms with Crippen LogP contribution in [0.5, 0.6) is 5.75 Å². The molecule has 0 N–H and O–H groups in total. The quantitative estimate of drug-likeness (QED) is 0.251. The van der Waals surface area contributed by atoms with Gasteiger partial charge in [-0.25, -0.2) is 0 Å². The lowest BCUT2D eigenvalue weighted by molar-refractivity contribution is 0.104. The molecule has 37 heavy (non-hydrogen) atoms. The number of para-hydroxylation sites is 1. The van der Waals surface area contributed by atoms with Crippen LogP contribution in [0.15, 0.2) is 79.0 Å². The maximum absolute atomic E-state index is 13.3. The zero-order valence-corrected chi connectivity index (χ0v) is 22.2. The highest BCUT2D eigenvalue weighted by Crippen LogP contribution is 2.31. The highest BCUT2D eigenvalue weighted by atomic mass is 35.5. The van der Waals surface area contributed by atoms with Crippen LogP contribution in [0.1, 0.15) is 34.3 Å². The second kappa shape index (κ2) is 12.0. The third-order valence-electron chi connectivity index (χ3n) is 7.27. The summed E-state index contributed by atoms with van der Waals surface area (Å²) in [5, 5.41) is 1.79. The molecule has 1 aliphatic rings. The number of aromatic nitrogens is 1. The number of rotatable bonds is 9. The minimum absolute atomic E-state index is 0.0451. The SMILES string of the molecule is COc1cccc2c(C(=O)c3ccccc3)cn(CCCN3CCCN(Cc4ccccc4Cl)CC3)c12. The van der Waals surface area contributed by atoms with E-state index in [0.717, 1.165) is 85.9 Å². The molecular formula is C31H34ClN3O2. The summed E-state index contributed by atoms with van der Waals surface area (Å²) in [7, 11) is 1.69. The molecule has 4 aromatic rings. The van der Waals surface area contributed by atoms with Crippen molar-refractivity contribution in [3.05, 3.63) is 101 Å². The fourth-order valence-corrected chi connectivity index (χ4v) is 5.53. The van der Waals surface area contributed by atoms with Crippen molar-refractivity contribution in [2.24, 2.45) is 0 Å². The number of carbonyl (C=O) groups excluding carboxylic acids is 1. The van der Waals surface area contributed by atoms with E-state index in [0.29, 0.717) is 5.56 Å². The Morgan fingerprint density at radius 1 is 0.865 bits per heavy atom. The fourth-order valence-electron chi connectivity index (χ4n) is 5.33. The van der Waals surface area contributed by atoms with Crippen molar-refractivity contribution >= 4 is 28.3 Å². The third kappa shape index (κ3) is 5.90. The number of hydrogen-bond donors (Lipinski definition) is 0. The van der Waals surface area contributed by atoms with E-state index >= 15 is 0 Å².